The van der Waals surface area contributed by atoms with Crippen LogP contribution in [0.1, 0.15) is 23.1 Å². The van der Waals surface area contributed by atoms with Gasteiger partial charge in [-0.1, -0.05) is 0 Å². The number of methoxy groups -OCH3 is 2. The number of ether oxygens (including phenoxy) is 2. The zero-order valence-electron chi connectivity index (χ0n) is 13.1. The number of H-pyrrole nitrogens is 1. The Bertz CT molecular complexity index is 800. The van der Waals surface area contributed by atoms with E-state index >= 15 is 0 Å². The maximum Gasteiger partial charge on any atom is 0.337 e. The van der Waals surface area contributed by atoms with E-state index < -0.39 is 22.1 Å². The molecule has 0 spiro atoms. The fourth-order valence-corrected chi connectivity index (χ4v) is 3.23. The average Bonchev–Trinajstić information content (AvgIpc) is 2.93. The Morgan fingerprint density at radius 3 is 2.78 bits per heavy atom. The molecule has 1 unspecified atom stereocenters. The second-order valence-corrected chi connectivity index (χ2v) is 6.91. The number of nitrogens with one attached hydrogen (secondary N) is 2. The lowest BCUT2D eigenvalue weighted by atomic mass is 10.2. The summed E-state index contributed by atoms with van der Waals surface area (Å²) in [5, 5.41) is 0. The zero-order valence-corrected chi connectivity index (χ0v) is 13.9. The molecular formula is C14H19N3O5S. The monoisotopic (exact) mass is 341 g/mol. The number of esters is 1. The molecule has 126 valence electrons. The van der Waals surface area contributed by atoms with Gasteiger partial charge in [0.1, 0.15) is 5.82 Å². The summed E-state index contributed by atoms with van der Waals surface area (Å²) in [5.41, 5.74) is 1.66. The molecule has 23 heavy (non-hydrogen) atoms. The van der Waals surface area contributed by atoms with Gasteiger partial charge in [-0.25, -0.2) is 22.9 Å². The van der Waals surface area contributed by atoms with Gasteiger partial charge in [-0.2, -0.15) is 0 Å². The van der Waals surface area contributed by atoms with Crippen LogP contribution in [0.25, 0.3) is 11.0 Å². The van der Waals surface area contributed by atoms with E-state index in [1.54, 1.807) is 25.1 Å². The lowest BCUT2D eigenvalue weighted by Crippen LogP contribution is -2.31. The largest absolute Gasteiger partial charge is 0.465 e. The molecule has 2 rings (SSSR count). The van der Waals surface area contributed by atoms with E-state index in [0.717, 1.165) is 0 Å². The highest BCUT2D eigenvalue weighted by Crippen LogP contribution is 2.14. The summed E-state index contributed by atoms with van der Waals surface area (Å²) in [6, 6.07) is 4.88. The summed E-state index contributed by atoms with van der Waals surface area (Å²) >= 11 is 0. The summed E-state index contributed by atoms with van der Waals surface area (Å²) in [7, 11) is -0.700. The van der Waals surface area contributed by atoms with Gasteiger partial charge in [0.05, 0.1) is 42.1 Å². The van der Waals surface area contributed by atoms with Crippen molar-refractivity contribution in [1.82, 2.24) is 14.7 Å². The van der Waals surface area contributed by atoms with E-state index in [0.29, 0.717) is 22.4 Å². The molecule has 0 fully saturated rings. The second kappa shape index (κ2) is 7.07. The topological polar surface area (TPSA) is 110 Å². The van der Waals surface area contributed by atoms with Crippen LogP contribution in [0.3, 0.4) is 0 Å². The van der Waals surface area contributed by atoms with Crippen molar-refractivity contribution in [2.45, 2.75) is 19.6 Å². The van der Waals surface area contributed by atoms with Crippen molar-refractivity contribution in [3.63, 3.8) is 0 Å². The van der Waals surface area contributed by atoms with Gasteiger partial charge >= 0.3 is 5.97 Å². The van der Waals surface area contributed by atoms with Crippen LogP contribution in [0.5, 0.6) is 0 Å². The molecule has 0 amide bonds. The predicted octanol–water partition coefficient (Wildman–Crippen LogP) is 0.804. The third-order valence-electron chi connectivity index (χ3n) is 3.27. The van der Waals surface area contributed by atoms with E-state index in [-0.39, 0.29) is 12.3 Å². The number of hydrogen-bond acceptors (Lipinski definition) is 6. The molecule has 2 N–H and O–H groups in total. The Labute approximate surface area is 134 Å². The fourth-order valence-electron chi connectivity index (χ4n) is 2.01. The van der Waals surface area contributed by atoms with Gasteiger partial charge < -0.3 is 14.5 Å². The summed E-state index contributed by atoms with van der Waals surface area (Å²) in [6.07, 6.45) is -0.397. The molecule has 0 radical (unpaired) electrons. The minimum absolute atomic E-state index is 0.0288. The number of aromatic amines is 1. The first-order valence-electron chi connectivity index (χ1n) is 6.91. The van der Waals surface area contributed by atoms with Crippen molar-refractivity contribution in [3.8, 4) is 0 Å². The maximum atomic E-state index is 11.9. The molecule has 0 saturated heterocycles. The number of rotatable bonds is 7. The van der Waals surface area contributed by atoms with E-state index in [4.69, 9.17) is 4.74 Å². The lowest BCUT2D eigenvalue weighted by molar-refractivity contribution is 0.0601. The standard InChI is InChI=1S/C14H19N3O5S/c1-9(21-2)8-23(19,20)15-7-13-16-11-5-4-10(14(18)22-3)6-12(11)17-13/h4-6,9,15H,7-8H2,1-3H3,(H,16,17). The third kappa shape index (κ3) is 4.50. The summed E-state index contributed by atoms with van der Waals surface area (Å²) in [5.74, 6) is -0.121. The number of aromatic nitrogens is 2. The van der Waals surface area contributed by atoms with E-state index in [1.165, 1.54) is 14.2 Å². The van der Waals surface area contributed by atoms with Crippen molar-refractivity contribution in [2.24, 2.45) is 0 Å². The predicted molar refractivity (Wildman–Crippen MR) is 84.5 cm³/mol. The first-order chi connectivity index (χ1) is 10.8. The molecule has 0 aliphatic heterocycles. The zero-order chi connectivity index (χ0) is 17.0. The van der Waals surface area contributed by atoms with Crippen LogP contribution < -0.4 is 4.72 Å². The first-order valence-corrected chi connectivity index (χ1v) is 8.57. The van der Waals surface area contributed by atoms with Crippen LogP contribution in [0, 0.1) is 0 Å². The van der Waals surface area contributed by atoms with Crippen LogP contribution in [0.4, 0.5) is 0 Å². The SMILES string of the molecule is COC(=O)c1ccc2nc(CNS(=O)(=O)CC(C)OC)[nH]c2c1. The normalized spacial score (nSPS) is 13.2. The molecule has 9 heteroatoms. The van der Waals surface area contributed by atoms with Crippen LogP contribution >= 0.6 is 0 Å². The number of hydrogen-bond donors (Lipinski definition) is 2. The number of carbonyl (C=O) groups excluding carboxylic acids is 1. The van der Waals surface area contributed by atoms with Gasteiger partial charge in [0.15, 0.2) is 0 Å². The Balaban J connectivity index is 2.11. The van der Waals surface area contributed by atoms with E-state index in [9.17, 15) is 13.2 Å². The van der Waals surface area contributed by atoms with Crippen molar-refractivity contribution in [2.75, 3.05) is 20.0 Å². The molecule has 0 aliphatic rings. The second-order valence-electron chi connectivity index (χ2n) is 5.06. The van der Waals surface area contributed by atoms with Gasteiger partial charge in [0.2, 0.25) is 10.0 Å². The molecule has 0 saturated carbocycles. The lowest BCUT2D eigenvalue weighted by Gasteiger charge is -2.10. The molecule has 1 atom stereocenters. The molecular weight excluding hydrogens is 322 g/mol. The Kier molecular flexibility index (Phi) is 5.34. The summed E-state index contributed by atoms with van der Waals surface area (Å²) in [4.78, 5) is 18.7. The summed E-state index contributed by atoms with van der Waals surface area (Å²) < 4.78 is 35.8. The summed E-state index contributed by atoms with van der Waals surface area (Å²) in [6.45, 7) is 1.70. The van der Waals surface area contributed by atoms with Crippen LogP contribution in [-0.4, -0.2) is 50.4 Å². The van der Waals surface area contributed by atoms with E-state index in [1.807, 2.05) is 0 Å². The molecule has 1 aromatic carbocycles. The van der Waals surface area contributed by atoms with Gasteiger partial charge in [-0.15, -0.1) is 0 Å². The molecule has 0 bridgehead atoms. The molecule has 0 aliphatic carbocycles. The number of sulfonamides is 1. The number of fused-ring (bicyclic) bond motifs is 1. The quantitative estimate of drug-likeness (QED) is 0.721. The average molecular weight is 341 g/mol. The van der Waals surface area contributed by atoms with Gasteiger partial charge in [0.25, 0.3) is 0 Å². The van der Waals surface area contributed by atoms with Crippen LogP contribution in [0.2, 0.25) is 0 Å². The molecule has 8 nitrogen and oxygen atoms in total. The highest BCUT2D eigenvalue weighted by atomic mass is 32.2. The van der Waals surface area contributed by atoms with E-state index in [2.05, 4.69) is 19.4 Å². The number of imidazole rings is 1. The molecule has 1 aromatic heterocycles. The van der Waals surface area contributed by atoms with Crippen LogP contribution in [-0.2, 0) is 26.0 Å². The van der Waals surface area contributed by atoms with Crippen molar-refractivity contribution in [3.05, 3.63) is 29.6 Å². The van der Waals surface area contributed by atoms with Gasteiger partial charge in [0, 0.05) is 7.11 Å². The Morgan fingerprint density at radius 1 is 1.39 bits per heavy atom. The number of carbonyl (C=O) groups is 1. The third-order valence-corrected chi connectivity index (χ3v) is 4.76. The number of nitrogens with zero attached hydrogens (tertiary/aromatic N) is 1. The Morgan fingerprint density at radius 2 is 2.13 bits per heavy atom. The minimum atomic E-state index is -3.46. The highest BCUT2D eigenvalue weighted by Gasteiger charge is 2.16. The Hall–Kier alpha value is -1.97. The minimum Gasteiger partial charge on any atom is -0.465 e. The van der Waals surface area contributed by atoms with Crippen molar-refractivity contribution >= 4 is 27.0 Å². The van der Waals surface area contributed by atoms with Crippen molar-refractivity contribution < 1.29 is 22.7 Å². The van der Waals surface area contributed by atoms with Crippen LogP contribution in [0.15, 0.2) is 18.2 Å². The van der Waals surface area contributed by atoms with Gasteiger partial charge in [-0.3, -0.25) is 0 Å². The molecule has 2 aromatic rings. The molecule has 1 heterocycles. The van der Waals surface area contributed by atoms with Gasteiger partial charge in [-0.05, 0) is 25.1 Å². The smallest absolute Gasteiger partial charge is 0.337 e. The first kappa shape index (κ1) is 17.4. The number of benzene rings is 1. The fraction of sp³-hybridized carbons (Fsp3) is 0.429. The maximum absolute atomic E-state index is 11.9. The highest BCUT2D eigenvalue weighted by molar-refractivity contribution is 7.89. The van der Waals surface area contributed by atoms with Crippen molar-refractivity contribution in [1.29, 1.82) is 0 Å².